The molecule has 1 atom stereocenters. The minimum absolute atomic E-state index is 0.435. The molecule has 1 aromatic heterocycles. The fourth-order valence-corrected chi connectivity index (χ4v) is 2.75. The summed E-state index contributed by atoms with van der Waals surface area (Å²) in [5.74, 6) is 0.435. The topological polar surface area (TPSA) is 13.1 Å². The van der Waals surface area contributed by atoms with E-state index in [-0.39, 0.29) is 0 Å². The van der Waals surface area contributed by atoms with Crippen molar-refractivity contribution in [2.45, 2.75) is 6.92 Å². The van der Waals surface area contributed by atoms with E-state index in [1.54, 1.807) is 0 Å². The highest BCUT2D eigenvalue weighted by molar-refractivity contribution is 5.96. The summed E-state index contributed by atoms with van der Waals surface area (Å²) in [4.78, 5) is 0. The van der Waals surface area contributed by atoms with Gasteiger partial charge in [0, 0.05) is 10.6 Å². The second-order valence-electron chi connectivity index (χ2n) is 5.15. The van der Waals surface area contributed by atoms with Crippen LogP contribution in [0.4, 0.5) is 0 Å². The molecule has 1 aliphatic rings. The molecule has 0 spiro atoms. The number of hydrogen-bond donors (Lipinski definition) is 0. The molecule has 0 radical (unpaired) electrons. The predicted molar refractivity (Wildman–Crippen MR) is 80.2 cm³/mol. The zero-order chi connectivity index (χ0) is 12.8. The third-order valence-corrected chi connectivity index (χ3v) is 3.72. The summed E-state index contributed by atoms with van der Waals surface area (Å²) in [7, 11) is 0. The van der Waals surface area contributed by atoms with Gasteiger partial charge in [0.25, 0.3) is 0 Å². The van der Waals surface area contributed by atoms with Crippen molar-refractivity contribution in [2.24, 2.45) is 5.92 Å². The highest BCUT2D eigenvalue weighted by Crippen LogP contribution is 2.20. The summed E-state index contributed by atoms with van der Waals surface area (Å²) in [6.07, 6.45) is 8.59. The molecule has 92 valence electrons. The number of benzene rings is 2. The Hall–Kier alpha value is -2.28. The van der Waals surface area contributed by atoms with E-state index in [0.717, 1.165) is 11.0 Å². The Bertz CT molecular complexity index is 925. The van der Waals surface area contributed by atoms with Crippen molar-refractivity contribution in [3.63, 3.8) is 0 Å². The summed E-state index contributed by atoms with van der Waals surface area (Å²) in [5, 5.41) is 4.91. The lowest BCUT2D eigenvalue weighted by atomic mass is 10.1. The third-order valence-electron chi connectivity index (χ3n) is 3.72. The van der Waals surface area contributed by atoms with Crippen molar-refractivity contribution in [1.29, 1.82) is 0 Å². The molecule has 1 aliphatic carbocycles. The van der Waals surface area contributed by atoms with E-state index in [1.165, 1.54) is 21.4 Å². The van der Waals surface area contributed by atoms with Crippen molar-refractivity contribution >= 4 is 33.9 Å². The Morgan fingerprint density at radius 1 is 1.05 bits per heavy atom. The van der Waals surface area contributed by atoms with Crippen LogP contribution in [-0.2, 0) is 0 Å². The Labute approximate surface area is 111 Å². The maximum absolute atomic E-state index is 5.99. The van der Waals surface area contributed by atoms with Crippen LogP contribution in [-0.4, -0.2) is 0 Å². The molecule has 0 amide bonds. The number of fused-ring (bicyclic) bond motifs is 4. The maximum Gasteiger partial charge on any atom is 0.136 e. The van der Waals surface area contributed by atoms with Crippen LogP contribution in [0.15, 0.2) is 53.0 Å². The zero-order valence-corrected chi connectivity index (χ0v) is 10.8. The van der Waals surface area contributed by atoms with E-state index in [9.17, 15) is 0 Å². The van der Waals surface area contributed by atoms with E-state index in [0.29, 0.717) is 5.92 Å². The monoisotopic (exact) mass is 246 g/mol. The number of allylic oxidation sites excluding steroid dienone is 2. The lowest BCUT2D eigenvalue weighted by Crippen LogP contribution is -2.19. The average Bonchev–Trinajstić information content (AvgIpc) is 2.62. The normalized spacial score (nSPS) is 17.8. The fourth-order valence-electron chi connectivity index (χ4n) is 2.75. The van der Waals surface area contributed by atoms with Crippen LogP contribution >= 0.6 is 0 Å². The number of hydrogen-bond acceptors (Lipinski definition) is 1. The van der Waals surface area contributed by atoms with Crippen LogP contribution in [0, 0.1) is 5.92 Å². The largest absolute Gasteiger partial charge is 0.456 e. The van der Waals surface area contributed by atoms with Crippen LogP contribution in [0.1, 0.15) is 6.92 Å². The van der Waals surface area contributed by atoms with Crippen LogP contribution in [0.3, 0.4) is 0 Å². The van der Waals surface area contributed by atoms with Crippen molar-refractivity contribution in [1.82, 2.24) is 0 Å². The van der Waals surface area contributed by atoms with E-state index < -0.39 is 0 Å². The Balaban J connectivity index is 2.22. The maximum atomic E-state index is 5.99. The molecule has 1 nitrogen and oxygen atoms in total. The Morgan fingerprint density at radius 2 is 1.84 bits per heavy atom. The van der Waals surface area contributed by atoms with Crippen LogP contribution in [0.2, 0.25) is 0 Å². The molecule has 1 heteroatoms. The van der Waals surface area contributed by atoms with Gasteiger partial charge in [-0.25, -0.2) is 0 Å². The van der Waals surface area contributed by atoms with Gasteiger partial charge in [-0.05, 0) is 34.9 Å². The molecule has 1 heterocycles. The first kappa shape index (κ1) is 10.6. The number of furan rings is 1. The Morgan fingerprint density at radius 3 is 2.68 bits per heavy atom. The second kappa shape index (κ2) is 3.86. The van der Waals surface area contributed by atoms with Gasteiger partial charge in [0.2, 0.25) is 0 Å². The fraction of sp³-hybridized carbons (Fsp3) is 0.111. The summed E-state index contributed by atoms with van der Waals surface area (Å²) >= 11 is 0. The van der Waals surface area contributed by atoms with Crippen molar-refractivity contribution in [3.8, 4) is 0 Å². The van der Waals surface area contributed by atoms with Gasteiger partial charge in [0.05, 0.1) is 0 Å². The van der Waals surface area contributed by atoms with E-state index in [2.05, 4.69) is 67.6 Å². The van der Waals surface area contributed by atoms with Crippen molar-refractivity contribution in [2.75, 3.05) is 0 Å². The van der Waals surface area contributed by atoms with E-state index >= 15 is 0 Å². The molecule has 0 saturated carbocycles. The summed E-state index contributed by atoms with van der Waals surface area (Å²) < 4.78 is 5.99. The van der Waals surface area contributed by atoms with Gasteiger partial charge in [-0.2, -0.15) is 0 Å². The molecule has 3 aromatic rings. The first-order chi connectivity index (χ1) is 9.31. The van der Waals surface area contributed by atoms with Gasteiger partial charge < -0.3 is 4.42 Å². The van der Waals surface area contributed by atoms with Gasteiger partial charge in [-0.1, -0.05) is 49.4 Å². The Kier molecular flexibility index (Phi) is 2.16. The zero-order valence-electron chi connectivity index (χ0n) is 10.8. The van der Waals surface area contributed by atoms with Crippen LogP contribution in [0.5, 0.6) is 0 Å². The van der Waals surface area contributed by atoms with Gasteiger partial charge in [-0.15, -0.1) is 0 Å². The highest BCUT2D eigenvalue weighted by atomic mass is 16.3. The van der Waals surface area contributed by atoms with Crippen LogP contribution < -0.4 is 10.6 Å². The van der Waals surface area contributed by atoms with Gasteiger partial charge in [0.1, 0.15) is 11.0 Å². The predicted octanol–water partition coefficient (Wildman–Crippen LogP) is 3.35. The van der Waals surface area contributed by atoms with E-state index in [1.807, 2.05) is 0 Å². The van der Waals surface area contributed by atoms with Crippen LogP contribution in [0.25, 0.3) is 33.9 Å². The first-order valence-corrected chi connectivity index (χ1v) is 6.63. The summed E-state index contributed by atoms with van der Waals surface area (Å²) in [5.41, 5.74) is 1.93. The van der Waals surface area contributed by atoms with Crippen molar-refractivity contribution in [3.05, 3.63) is 59.2 Å². The van der Waals surface area contributed by atoms with E-state index in [4.69, 9.17) is 4.42 Å². The molecule has 4 rings (SSSR count). The third kappa shape index (κ3) is 1.62. The lowest BCUT2D eigenvalue weighted by Gasteiger charge is -1.97. The van der Waals surface area contributed by atoms with Gasteiger partial charge in [0.15, 0.2) is 0 Å². The molecule has 0 unspecified atom stereocenters. The minimum Gasteiger partial charge on any atom is -0.456 e. The highest BCUT2D eigenvalue weighted by Gasteiger charge is 2.07. The molecule has 0 saturated heterocycles. The molecule has 2 aromatic carbocycles. The molecular formula is C18H14O. The lowest BCUT2D eigenvalue weighted by molar-refractivity contribution is 0.576. The second-order valence-corrected chi connectivity index (χ2v) is 5.15. The smallest absolute Gasteiger partial charge is 0.136 e. The van der Waals surface area contributed by atoms with Gasteiger partial charge >= 0.3 is 0 Å². The molecule has 0 bridgehead atoms. The van der Waals surface area contributed by atoms with Gasteiger partial charge in [-0.3, -0.25) is 0 Å². The summed E-state index contributed by atoms with van der Waals surface area (Å²) in [6, 6.07) is 12.8. The molecule has 0 N–H and O–H groups in total. The standard InChI is InChI=1S/C18H14O/c1-12-5-4-8-17-15(9-12)16-10-13-6-2-3-7-14(13)11-18(16)19-17/h2-12H,1H3/t12-/m0/s1. The van der Waals surface area contributed by atoms with Crippen molar-refractivity contribution < 1.29 is 4.42 Å². The average molecular weight is 246 g/mol. The minimum atomic E-state index is 0.435. The number of rotatable bonds is 0. The molecular weight excluding hydrogens is 232 g/mol. The first-order valence-electron chi connectivity index (χ1n) is 6.63. The quantitative estimate of drug-likeness (QED) is 0.593. The molecule has 0 fully saturated rings. The SMILES string of the molecule is C[C@H]1C=CC=c2oc3cc4ccccc4cc3c2=C1. The summed E-state index contributed by atoms with van der Waals surface area (Å²) in [6.45, 7) is 2.19. The molecule has 0 aliphatic heterocycles. The molecule has 19 heavy (non-hydrogen) atoms.